The Morgan fingerprint density at radius 3 is 2.91 bits per heavy atom. The molecule has 1 fully saturated rings. The van der Waals surface area contributed by atoms with Crippen LogP contribution >= 0.6 is 0 Å². The minimum absolute atomic E-state index is 0.380. The molecule has 0 amide bonds. The van der Waals surface area contributed by atoms with E-state index in [1.165, 1.54) is 6.42 Å². The Bertz CT molecular complexity index is 179. The molecular weight excluding hydrogens is 136 g/mol. The number of rotatable bonds is 1. The Balaban J connectivity index is 2.58. The van der Waals surface area contributed by atoms with Crippen LogP contribution in [0.3, 0.4) is 0 Å². The molecule has 62 valence electrons. The van der Waals surface area contributed by atoms with Crippen molar-refractivity contribution in [1.29, 1.82) is 0 Å². The van der Waals surface area contributed by atoms with Crippen molar-refractivity contribution >= 4 is 5.78 Å². The molecule has 0 aliphatic heterocycles. The fourth-order valence-corrected chi connectivity index (χ4v) is 1.55. The highest BCUT2D eigenvalue weighted by atomic mass is 16.1. The first-order valence-corrected chi connectivity index (χ1v) is 4.46. The quantitative estimate of drug-likeness (QED) is 0.528. The highest BCUT2D eigenvalue weighted by molar-refractivity contribution is 5.96. The van der Waals surface area contributed by atoms with Gasteiger partial charge in [0.15, 0.2) is 5.78 Å². The average molecular weight is 152 g/mol. The molecule has 0 aromatic heterocycles. The second-order valence-electron chi connectivity index (χ2n) is 3.41. The van der Waals surface area contributed by atoms with E-state index >= 15 is 0 Å². The van der Waals surface area contributed by atoms with Crippen molar-refractivity contribution in [2.75, 3.05) is 0 Å². The van der Waals surface area contributed by atoms with E-state index in [0.717, 1.165) is 24.8 Å². The van der Waals surface area contributed by atoms with E-state index in [1.54, 1.807) is 0 Å². The Kier molecular flexibility index (Phi) is 2.86. The highest BCUT2D eigenvalue weighted by Gasteiger charge is 2.19. The Labute approximate surface area is 68.5 Å². The number of allylic oxidation sites excluding steroid dienone is 2. The standard InChI is InChI=1S/C10H16O/c1-3-4-9-6-5-8(2)7-10(9)11/h4,8H,3,5-7H2,1-2H3. The number of carbonyl (C=O) groups is 1. The van der Waals surface area contributed by atoms with Gasteiger partial charge in [0, 0.05) is 6.42 Å². The van der Waals surface area contributed by atoms with E-state index < -0.39 is 0 Å². The van der Waals surface area contributed by atoms with Gasteiger partial charge in [0.2, 0.25) is 0 Å². The molecule has 0 radical (unpaired) electrons. The van der Waals surface area contributed by atoms with Gasteiger partial charge in [-0.15, -0.1) is 0 Å². The molecule has 1 aliphatic rings. The molecule has 1 aliphatic carbocycles. The van der Waals surface area contributed by atoms with Crippen LogP contribution in [0.25, 0.3) is 0 Å². The molecular formula is C10H16O. The molecule has 0 saturated heterocycles. The van der Waals surface area contributed by atoms with Gasteiger partial charge in [-0.1, -0.05) is 19.9 Å². The smallest absolute Gasteiger partial charge is 0.158 e. The van der Waals surface area contributed by atoms with Crippen LogP contribution in [-0.2, 0) is 4.79 Å². The van der Waals surface area contributed by atoms with Crippen LogP contribution in [0.15, 0.2) is 11.6 Å². The van der Waals surface area contributed by atoms with Gasteiger partial charge in [0.05, 0.1) is 0 Å². The lowest BCUT2D eigenvalue weighted by molar-refractivity contribution is -0.117. The van der Waals surface area contributed by atoms with E-state index in [9.17, 15) is 4.79 Å². The summed E-state index contributed by atoms with van der Waals surface area (Å²) in [5.74, 6) is 0.988. The lowest BCUT2D eigenvalue weighted by Gasteiger charge is -2.18. The van der Waals surface area contributed by atoms with Crippen LogP contribution in [0.1, 0.15) is 39.5 Å². The molecule has 11 heavy (non-hydrogen) atoms. The van der Waals surface area contributed by atoms with Gasteiger partial charge < -0.3 is 0 Å². The van der Waals surface area contributed by atoms with Gasteiger partial charge >= 0.3 is 0 Å². The second-order valence-corrected chi connectivity index (χ2v) is 3.41. The van der Waals surface area contributed by atoms with Crippen molar-refractivity contribution in [2.24, 2.45) is 5.92 Å². The van der Waals surface area contributed by atoms with Crippen LogP contribution in [0, 0.1) is 5.92 Å². The molecule has 1 saturated carbocycles. The summed E-state index contributed by atoms with van der Waals surface area (Å²) in [6.07, 6.45) is 6.04. The van der Waals surface area contributed by atoms with E-state index in [1.807, 2.05) is 0 Å². The first-order valence-electron chi connectivity index (χ1n) is 4.46. The molecule has 0 aromatic rings. The molecule has 1 atom stereocenters. The van der Waals surface area contributed by atoms with Crippen molar-refractivity contribution < 1.29 is 4.79 Å². The van der Waals surface area contributed by atoms with Gasteiger partial charge in [0.1, 0.15) is 0 Å². The Morgan fingerprint density at radius 2 is 2.36 bits per heavy atom. The summed E-state index contributed by atoms with van der Waals surface area (Å²) < 4.78 is 0. The number of hydrogen-bond donors (Lipinski definition) is 0. The van der Waals surface area contributed by atoms with E-state index in [4.69, 9.17) is 0 Å². The number of hydrogen-bond acceptors (Lipinski definition) is 1. The van der Waals surface area contributed by atoms with Crippen molar-refractivity contribution in [3.63, 3.8) is 0 Å². The zero-order valence-electron chi connectivity index (χ0n) is 7.39. The van der Waals surface area contributed by atoms with Crippen LogP contribution < -0.4 is 0 Å². The van der Waals surface area contributed by atoms with Crippen LogP contribution in [0.5, 0.6) is 0 Å². The fraction of sp³-hybridized carbons (Fsp3) is 0.700. The summed E-state index contributed by atoms with van der Waals surface area (Å²) in [4.78, 5) is 11.3. The molecule has 0 heterocycles. The Morgan fingerprint density at radius 1 is 1.64 bits per heavy atom. The van der Waals surface area contributed by atoms with Crippen molar-refractivity contribution in [1.82, 2.24) is 0 Å². The lowest BCUT2D eigenvalue weighted by atomic mass is 9.86. The third-order valence-electron chi connectivity index (χ3n) is 2.25. The highest BCUT2D eigenvalue weighted by Crippen LogP contribution is 2.24. The molecule has 0 aromatic carbocycles. The summed E-state index contributed by atoms with van der Waals surface area (Å²) >= 11 is 0. The first kappa shape index (κ1) is 8.51. The molecule has 0 spiro atoms. The summed E-state index contributed by atoms with van der Waals surface area (Å²) in [6.45, 7) is 4.24. The minimum Gasteiger partial charge on any atom is -0.295 e. The van der Waals surface area contributed by atoms with Gasteiger partial charge in [-0.2, -0.15) is 0 Å². The maximum absolute atomic E-state index is 11.3. The van der Waals surface area contributed by atoms with Crippen molar-refractivity contribution in [3.05, 3.63) is 11.6 Å². The van der Waals surface area contributed by atoms with Gasteiger partial charge in [-0.3, -0.25) is 4.79 Å². The van der Waals surface area contributed by atoms with Gasteiger partial charge in [-0.25, -0.2) is 0 Å². The maximum Gasteiger partial charge on any atom is 0.158 e. The monoisotopic (exact) mass is 152 g/mol. The van der Waals surface area contributed by atoms with Crippen LogP contribution in [0.2, 0.25) is 0 Å². The van der Waals surface area contributed by atoms with Gasteiger partial charge in [0.25, 0.3) is 0 Å². The van der Waals surface area contributed by atoms with Crippen molar-refractivity contribution in [3.8, 4) is 0 Å². The normalized spacial score (nSPS) is 29.5. The lowest BCUT2D eigenvalue weighted by Crippen LogP contribution is -2.15. The topological polar surface area (TPSA) is 17.1 Å². The predicted molar refractivity (Wildman–Crippen MR) is 46.4 cm³/mol. The zero-order chi connectivity index (χ0) is 8.27. The third kappa shape index (κ3) is 2.18. The second kappa shape index (κ2) is 3.70. The van der Waals surface area contributed by atoms with E-state index in [2.05, 4.69) is 19.9 Å². The molecule has 1 rings (SSSR count). The fourth-order valence-electron chi connectivity index (χ4n) is 1.55. The van der Waals surface area contributed by atoms with Crippen molar-refractivity contribution in [2.45, 2.75) is 39.5 Å². The third-order valence-corrected chi connectivity index (χ3v) is 2.25. The first-order chi connectivity index (χ1) is 5.24. The average Bonchev–Trinajstić information content (AvgIpc) is 1.95. The summed E-state index contributed by atoms with van der Waals surface area (Å²) in [7, 11) is 0. The maximum atomic E-state index is 11.3. The number of ketones is 1. The molecule has 0 N–H and O–H groups in total. The minimum atomic E-state index is 0.380. The van der Waals surface area contributed by atoms with E-state index in [0.29, 0.717) is 11.7 Å². The SMILES string of the molecule is CCC=C1CCC(C)CC1=O. The predicted octanol–water partition coefficient (Wildman–Crippen LogP) is 2.71. The van der Waals surface area contributed by atoms with Crippen LogP contribution in [0.4, 0.5) is 0 Å². The number of carbonyl (C=O) groups excluding carboxylic acids is 1. The van der Waals surface area contributed by atoms with E-state index in [-0.39, 0.29) is 0 Å². The zero-order valence-corrected chi connectivity index (χ0v) is 7.39. The largest absolute Gasteiger partial charge is 0.295 e. The summed E-state index contributed by atoms with van der Waals surface area (Å²) in [5.41, 5.74) is 1.07. The number of Topliss-reactive ketones (excluding diaryl/α,β-unsaturated/α-hetero) is 1. The molecule has 1 unspecified atom stereocenters. The molecule has 0 bridgehead atoms. The molecule has 1 nitrogen and oxygen atoms in total. The Hall–Kier alpha value is -0.590. The summed E-state index contributed by atoms with van der Waals surface area (Å²) in [5, 5.41) is 0. The molecule has 1 heteroatoms. The van der Waals surface area contributed by atoms with Gasteiger partial charge in [-0.05, 0) is 30.8 Å². The summed E-state index contributed by atoms with van der Waals surface area (Å²) in [6, 6.07) is 0. The van der Waals surface area contributed by atoms with Crippen LogP contribution in [-0.4, -0.2) is 5.78 Å².